The normalized spacial score (nSPS) is 12.1. The molecule has 0 saturated carbocycles. The summed E-state index contributed by atoms with van der Waals surface area (Å²) in [5.41, 5.74) is 1.01. The largest absolute Gasteiger partial charge is 0.342 e. The molecule has 0 spiro atoms. The van der Waals surface area contributed by atoms with E-state index in [4.69, 9.17) is 11.6 Å². The van der Waals surface area contributed by atoms with Gasteiger partial charge in [-0.05, 0) is 50.2 Å². The molecule has 2 aromatic carbocycles. The molecule has 0 aliphatic carbocycles. The summed E-state index contributed by atoms with van der Waals surface area (Å²) in [5, 5.41) is 13.3. The van der Waals surface area contributed by atoms with Gasteiger partial charge in [0.15, 0.2) is 11.0 Å². The number of aromatic nitrogens is 5. The van der Waals surface area contributed by atoms with Crippen LogP contribution < -0.4 is 10.9 Å². The molecule has 2 aromatic heterocycles. The second-order valence-corrected chi connectivity index (χ2v) is 8.48. The number of nitrogens with one attached hydrogen (secondary N) is 2. The Labute approximate surface area is 193 Å². The van der Waals surface area contributed by atoms with Crippen molar-refractivity contribution in [3.63, 3.8) is 0 Å². The van der Waals surface area contributed by atoms with E-state index in [1.807, 2.05) is 36.6 Å². The van der Waals surface area contributed by atoms with Crippen molar-refractivity contribution in [2.24, 2.45) is 0 Å². The lowest BCUT2D eigenvalue weighted by Crippen LogP contribution is -2.28. The number of para-hydroxylation sites is 1. The van der Waals surface area contributed by atoms with Crippen LogP contribution in [0.4, 0.5) is 0 Å². The molecule has 164 valence electrons. The summed E-state index contributed by atoms with van der Waals surface area (Å²) >= 11 is 7.32. The fraction of sp³-hybridized carbons (Fsp3) is 0.227. The van der Waals surface area contributed by atoms with Crippen LogP contribution in [0.3, 0.4) is 0 Å². The summed E-state index contributed by atoms with van der Waals surface area (Å²) in [7, 11) is 0. The number of nitrogens with zero attached hydrogens (tertiary/aromatic N) is 4. The second kappa shape index (κ2) is 9.54. The van der Waals surface area contributed by atoms with Crippen LogP contribution in [0.1, 0.15) is 41.9 Å². The van der Waals surface area contributed by atoms with Crippen molar-refractivity contribution in [3.8, 4) is 0 Å². The number of amides is 1. The zero-order valence-electron chi connectivity index (χ0n) is 17.5. The minimum atomic E-state index is -0.349. The Hall–Kier alpha value is -3.17. The average Bonchev–Trinajstić information content (AvgIpc) is 3.21. The van der Waals surface area contributed by atoms with Crippen molar-refractivity contribution in [3.05, 3.63) is 81.1 Å². The molecule has 4 rings (SSSR count). The molecule has 32 heavy (non-hydrogen) atoms. The van der Waals surface area contributed by atoms with E-state index in [1.54, 1.807) is 30.3 Å². The smallest absolute Gasteiger partial charge is 0.258 e. The summed E-state index contributed by atoms with van der Waals surface area (Å²) in [6.45, 7) is 4.48. The molecule has 1 atom stereocenters. The molecule has 0 fully saturated rings. The summed E-state index contributed by atoms with van der Waals surface area (Å²) in [6, 6.07) is 13.6. The highest BCUT2D eigenvalue weighted by atomic mass is 35.5. The number of thioether (sulfide) groups is 1. The average molecular weight is 469 g/mol. The summed E-state index contributed by atoms with van der Waals surface area (Å²) in [5.74, 6) is 1.43. The van der Waals surface area contributed by atoms with E-state index >= 15 is 0 Å². The number of benzene rings is 2. The minimum Gasteiger partial charge on any atom is -0.342 e. The number of carbonyl (C=O) groups excluding carboxylic acids is 1. The Bertz CT molecular complexity index is 1320. The van der Waals surface area contributed by atoms with Gasteiger partial charge in [-0.15, -0.1) is 10.2 Å². The molecule has 0 saturated heterocycles. The lowest BCUT2D eigenvalue weighted by Gasteiger charge is -2.15. The van der Waals surface area contributed by atoms with E-state index in [2.05, 4.69) is 25.5 Å². The summed E-state index contributed by atoms with van der Waals surface area (Å²) in [6.07, 6.45) is 0. The molecule has 10 heteroatoms. The van der Waals surface area contributed by atoms with Gasteiger partial charge in [-0.2, -0.15) is 0 Å². The number of carbonyl (C=O) groups is 1. The van der Waals surface area contributed by atoms with E-state index in [0.717, 1.165) is 0 Å². The summed E-state index contributed by atoms with van der Waals surface area (Å²) in [4.78, 5) is 32.2. The summed E-state index contributed by atoms with van der Waals surface area (Å²) < 4.78 is 1.94. The van der Waals surface area contributed by atoms with E-state index in [9.17, 15) is 9.59 Å². The highest BCUT2D eigenvalue weighted by Gasteiger charge is 2.20. The van der Waals surface area contributed by atoms with Crippen LogP contribution in [-0.4, -0.2) is 30.6 Å². The topological polar surface area (TPSA) is 106 Å². The number of fused-ring (bicyclic) bond motifs is 1. The second-order valence-electron chi connectivity index (χ2n) is 7.11. The van der Waals surface area contributed by atoms with Crippen LogP contribution >= 0.6 is 23.4 Å². The molecular formula is C22H21ClN6O2S. The third-order valence-corrected chi connectivity index (χ3v) is 6.13. The van der Waals surface area contributed by atoms with Crippen LogP contribution in [0.5, 0.6) is 0 Å². The maximum Gasteiger partial charge on any atom is 0.258 e. The predicted octanol–water partition coefficient (Wildman–Crippen LogP) is 3.97. The van der Waals surface area contributed by atoms with Crippen LogP contribution in [0.25, 0.3) is 10.9 Å². The third kappa shape index (κ3) is 4.68. The van der Waals surface area contributed by atoms with E-state index in [1.165, 1.54) is 11.8 Å². The quantitative estimate of drug-likeness (QED) is 0.397. The van der Waals surface area contributed by atoms with Gasteiger partial charge in [0.05, 0.1) is 22.7 Å². The maximum absolute atomic E-state index is 12.5. The molecule has 0 unspecified atom stereocenters. The van der Waals surface area contributed by atoms with Gasteiger partial charge in [0.1, 0.15) is 5.82 Å². The minimum absolute atomic E-state index is 0.164. The van der Waals surface area contributed by atoms with Crippen LogP contribution in [0.15, 0.2) is 58.5 Å². The number of H-pyrrole nitrogens is 1. The van der Waals surface area contributed by atoms with Gasteiger partial charge in [-0.1, -0.05) is 35.5 Å². The van der Waals surface area contributed by atoms with Gasteiger partial charge in [0.2, 0.25) is 0 Å². The zero-order chi connectivity index (χ0) is 22.7. The zero-order valence-corrected chi connectivity index (χ0v) is 19.1. The fourth-order valence-corrected chi connectivity index (χ4v) is 4.31. The Morgan fingerprint density at radius 2 is 1.94 bits per heavy atom. The first-order valence-electron chi connectivity index (χ1n) is 10.1. The third-order valence-electron chi connectivity index (χ3n) is 4.90. The highest BCUT2D eigenvalue weighted by Crippen LogP contribution is 2.23. The van der Waals surface area contributed by atoms with E-state index in [-0.39, 0.29) is 17.5 Å². The van der Waals surface area contributed by atoms with Crippen molar-refractivity contribution in [1.82, 2.24) is 30.0 Å². The molecular weight excluding hydrogens is 448 g/mol. The molecule has 2 N–H and O–H groups in total. The number of aromatic amines is 1. The predicted molar refractivity (Wildman–Crippen MR) is 125 cm³/mol. The number of hydrogen-bond donors (Lipinski definition) is 2. The first-order valence-corrected chi connectivity index (χ1v) is 11.4. The van der Waals surface area contributed by atoms with Crippen molar-refractivity contribution in [1.29, 1.82) is 0 Å². The molecule has 0 bridgehead atoms. The lowest BCUT2D eigenvalue weighted by atomic mass is 10.2. The molecule has 8 nitrogen and oxygen atoms in total. The Morgan fingerprint density at radius 3 is 2.69 bits per heavy atom. The molecule has 0 aliphatic rings. The number of rotatable bonds is 7. The van der Waals surface area contributed by atoms with Crippen molar-refractivity contribution in [2.75, 3.05) is 0 Å². The van der Waals surface area contributed by atoms with Gasteiger partial charge in [-0.3, -0.25) is 9.59 Å². The van der Waals surface area contributed by atoms with Gasteiger partial charge in [0.25, 0.3) is 11.5 Å². The van der Waals surface area contributed by atoms with Crippen LogP contribution in [0, 0.1) is 0 Å². The molecule has 0 radical (unpaired) electrons. The van der Waals surface area contributed by atoms with Crippen LogP contribution in [-0.2, 0) is 12.3 Å². The lowest BCUT2D eigenvalue weighted by molar-refractivity contribution is 0.0937. The van der Waals surface area contributed by atoms with Crippen molar-refractivity contribution >= 4 is 40.2 Å². The Kier molecular flexibility index (Phi) is 6.57. The number of halogens is 1. The van der Waals surface area contributed by atoms with Gasteiger partial charge in [0, 0.05) is 17.1 Å². The Balaban J connectivity index is 1.48. The van der Waals surface area contributed by atoms with Gasteiger partial charge in [-0.25, -0.2) is 4.98 Å². The fourth-order valence-electron chi connectivity index (χ4n) is 3.31. The number of hydrogen-bond acceptors (Lipinski definition) is 6. The molecule has 0 aliphatic heterocycles. The first kappa shape index (κ1) is 22.0. The molecule has 4 aromatic rings. The van der Waals surface area contributed by atoms with Gasteiger partial charge >= 0.3 is 0 Å². The van der Waals surface area contributed by atoms with E-state index in [0.29, 0.717) is 50.6 Å². The standard InChI is InChI=1S/C22H21ClN6O2S/c1-3-29-19(13(2)24-20(30)14-8-10-15(23)11-9-14)27-28-22(29)32-12-18-25-17-7-5-4-6-16(17)21(31)26-18/h4-11,13H,3,12H2,1-2H3,(H,24,30)(H,25,26,31)/t13-/m0/s1. The van der Waals surface area contributed by atoms with Crippen molar-refractivity contribution in [2.45, 2.75) is 37.3 Å². The Morgan fingerprint density at radius 1 is 1.19 bits per heavy atom. The highest BCUT2D eigenvalue weighted by molar-refractivity contribution is 7.98. The maximum atomic E-state index is 12.5. The van der Waals surface area contributed by atoms with Crippen molar-refractivity contribution < 1.29 is 4.79 Å². The van der Waals surface area contributed by atoms with E-state index < -0.39 is 0 Å². The first-order chi connectivity index (χ1) is 15.5. The van der Waals surface area contributed by atoms with Crippen LogP contribution in [0.2, 0.25) is 5.02 Å². The monoisotopic (exact) mass is 468 g/mol. The SMILES string of the molecule is CCn1c(SCc2nc3ccccc3c(=O)[nH]2)nnc1[C@H](C)NC(=O)c1ccc(Cl)cc1. The molecule has 2 heterocycles. The molecule has 1 amide bonds. The van der Waals surface area contributed by atoms with Gasteiger partial charge < -0.3 is 14.9 Å².